The lowest BCUT2D eigenvalue weighted by atomic mass is 10.3. The minimum absolute atomic E-state index is 0.301. The molecule has 0 bridgehead atoms. The Bertz CT molecular complexity index is 696. The molecular weight excluding hydrogens is 227 g/mol. The third kappa shape index (κ3) is 1.22. The van der Waals surface area contributed by atoms with Gasteiger partial charge in [0.05, 0.1) is 5.52 Å². The Morgan fingerprint density at radius 3 is 2.88 bits per heavy atom. The number of aromatic amines is 1. The highest BCUT2D eigenvalue weighted by Gasteiger charge is 2.12. The van der Waals surface area contributed by atoms with Gasteiger partial charge in [0.25, 0.3) is 0 Å². The molecule has 16 heavy (non-hydrogen) atoms. The van der Waals surface area contributed by atoms with Crippen LogP contribution in [-0.2, 0) is 0 Å². The fourth-order valence-electron chi connectivity index (χ4n) is 1.72. The number of H-pyrrole nitrogens is 1. The summed E-state index contributed by atoms with van der Waals surface area (Å²) in [6.45, 7) is 0. The summed E-state index contributed by atoms with van der Waals surface area (Å²) in [5.41, 5.74) is 0.496. The number of fused-ring (bicyclic) bond motifs is 1. The van der Waals surface area contributed by atoms with Crippen molar-refractivity contribution in [3.63, 3.8) is 0 Å². The Morgan fingerprint density at radius 2 is 2.12 bits per heavy atom. The molecule has 0 aliphatic carbocycles. The predicted molar refractivity (Wildman–Crippen MR) is 61.7 cm³/mol. The molecular formula is C11H7FN2OS. The number of hydrogen-bond acceptors (Lipinski definition) is 2. The topological polar surface area (TPSA) is 37.8 Å². The monoisotopic (exact) mass is 234 g/mol. The van der Waals surface area contributed by atoms with Crippen LogP contribution in [0.25, 0.3) is 16.0 Å². The van der Waals surface area contributed by atoms with Gasteiger partial charge in [-0.3, -0.25) is 0 Å². The van der Waals surface area contributed by atoms with Gasteiger partial charge in [-0.25, -0.2) is 13.8 Å². The first-order chi connectivity index (χ1) is 7.77. The molecule has 0 atom stereocenters. The van der Waals surface area contributed by atoms with E-state index in [4.69, 9.17) is 0 Å². The molecule has 3 aromatic rings. The van der Waals surface area contributed by atoms with Gasteiger partial charge in [0.15, 0.2) is 0 Å². The largest absolute Gasteiger partial charge is 0.331 e. The van der Waals surface area contributed by atoms with Gasteiger partial charge in [-0.1, -0.05) is 6.07 Å². The molecule has 3 rings (SSSR count). The number of benzene rings is 1. The molecule has 0 radical (unpaired) electrons. The minimum atomic E-state index is -0.399. The normalized spacial score (nSPS) is 11.1. The van der Waals surface area contributed by atoms with Gasteiger partial charge in [-0.05, 0) is 29.6 Å². The van der Waals surface area contributed by atoms with Crippen molar-refractivity contribution in [3.05, 3.63) is 52.0 Å². The summed E-state index contributed by atoms with van der Waals surface area (Å²) < 4.78 is 15.0. The molecule has 80 valence electrons. The van der Waals surface area contributed by atoms with Gasteiger partial charge in [-0.15, -0.1) is 11.3 Å². The van der Waals surface area contributed by atoms with Crippen molar-refractivity contribution in [1.82, 2.24) is 9.55 Å². The Kier molecular flexibility index (Phi) is 1.94. The first-order valence-corrected chi connectivity index (χ1v) is 5.58. The fourth-order valence-corrected chi connectivity index (χ4v) is 2.46. The second-order valence-corrected chi connectivity index (χ2v) is 4.28. The van der Waals surface area contributed by atoms with E-state index in [1.165, 1.54) is 22.0 Å². The van der Waals surface area contributed by atoms with E-state index in [1.54, 1.807) is 18.2 Å². The molecule has 2 heterocycles. The third-order valence-electron chi connectivity index (χ3n) is 2.38. The van der Waals surface area contributed by atoms with Crippen molar-refractivity contribution >= 4 is 22.4 Å². The molecule has 3 nitrogen and oxygen atoms in total. The zero-order valence-electron chi connectivity index (χ0n) is 8.11. The maximum Gasteiger partial charge on any atom is 0.331 e. The van der Waals surface area contributed by atoms with Crippen molar-refractivity contribution in [2.45, 2.75) is 0 Å². The number of nitrogens with zero attached hydrogens (tertiary/aromatic N) is 1. The molecule has 2 aromatic heterocycles. The van der Waals surface area contributed by atoms with Crippen LogP contribution in [0.3, 0.4) is 0 Å². The van der Waals surface area contributed by atoms with Crippen LogP contribution in [-0.4, -0.2) is 9.55 Å². The summed E-state index contributed by atoms with van der Waals surface area (Å²) in [7, 11) is 0. The highest BCUT2D eigenvalue weighted by atomic mass is 32.1. The van der Waals surface area contributed by atoms with Crippen LogP contribution >= 0.6 is 11.3 Å². The number of thiophene rings is 1. The van der Waals surface area contributed by atoms with E-state index in [0.29, 0.717) is 16.0 Å². The van der Waals surface area contributed by atoms with Crippen molar-refractivity contribution in [3.8, 4) is 5.00 Å². The molecule has 5 heteroatoms. The third-order valence-corrected chi connectivity index (χ3v) is 3.23. The Balaban J connectivity index is 2.49. The maximum absolute atomic E-state index is 13.7. The van der Waals surface area contributed by atoms with Crippen LogP contribution in [0, 0.1) is 5.82 Å². The molecule has 0 saturated carbocycles. The van der Waals surface area contributed by atoms with Crippen LogP contribution in [0.1, 0.15) is 0 Å². The van der Waals surface area contributed by atoms with E-state index >= 15 is 0 Å². The molecule has 1 N–H and O–H groups in total. The average Bonchev–Trinajstić information content (AvgIpc) is 2.84. The summed E-state index contributed by atoms with van der Waals surface area (Å²) in [6, 6.07) is 8.22. The number of rotatable bonds is 1. The van der Waals surface area contributed by atoms with E-state index in [0.717, 1.165) is 0 Å². The summed E-state index contributed by atoms with van der Waals surface area (Å²) in [5.74, 6) is -0.399. The van der Waals surface area contributed by atoms with E-state index in [1.807, 2.05) is 11.4 Å². The highest BCUT2D eigenvalue weighted by Crippen LogP contribution is 2.21. The quantitative estimate of drug-likeness (QED) is 0.690. The van der Waals surface area contributed by atoms with Gasteiger partial charge in [0.1, 0.15) is 16.3 Å². The van der Waals surface area contributed by atoms with Crippen molar-refractivity contribution in [2.75, 3.05) is 0 Å². The zero-order chi connectivity index (χ0) is 11.1. The zero-order valence-corrected chi connectivity index (χ0v) is 8.92. The maximum atomic E-state index is 13.7. The lowest BCUT2D eigenvalue weighted by molar-refractivity contribution is 0.634. The number of imidazole rings is 1. The summed E-state index contributed by atoms with van der Waals surface area (Å²) >= 11 is 1.39. The van der Waals surface area contributed by atoms with Crippen LogP contribution in [0.15, 0.2) is 40.5 Å². The first-order valence-electron chi connectivity index (χ1n) is 4.70. The minimum Gasteiger partial charge on any atom is -0.305 e. The van der Waals surface area contributed by atoms with E-state index in [-0.39, 0.29) is 5.69 Å². The molecule has 0 spiro atoms. The van der Waals surface area contributed by atoms with E-state index < -0.39 is 5.82 Å². The summed E-state index contributed by atoms with van der Waals surface area (Å²) in [4.78, 5) is 14.4. The van der Waals surface area contributed by atoms with Crippen LogP contribution < -0.4 is 5.69 Å². The van der Waals surface area contributed by atoms with Gasteiger partial charge in [0.2, 0.25) is 0 Å². The highest BCUT2D eigenvalue weighted by molar-refractivity contribution is 7.12. The van der Waals surface area contributed by atoms with Gasteiger partial charge in [-0.2, -0.15) is 0 Å². The van der Waals surface area contributed by atoms with Crippen LogP contribution in [0.2, 0.25) is 0 Å². The second kappa shape index (κ2) is 3.31. The van der Waals surface area contributed by atoms with Crippen molar-refractivity contribution < 1.29 is 4.39 Å². The van der Waals surface area contributed by atoms with E-state index in [9.17, 15) is 9.18 Å². The van der Waals surface area contributed by atoms with E-state index in [2.05, 4.69) is 4.98 Å². The molecule has 0 aliphatic rings. The summed E-state index contributed by atoms with van der Waals surface area (Å²) in [6.07, 6.45) is 0. The lowest BCUT2D eigenvalue weighted by Gasteiger charge is -1.99. The fraction of sp³-hybridized carbons (Fsp3) is 0. The van der Waals surface area contributed by atoms with Crippen LogP contribution in [0.4, 0.5) is 4.39 Å². The number of hydrogen-bond donors (Lipinski definition) is 1. The molecule has 0 amide bonds. The average molecular weight is 234 g/mol. The molecule has 1 aromatic carbocycles. The molecule has 0 saturated heterocycles. The van der Waals surface area contributed by atoms with Gasteiger partial charge >= 0.3 is 5.69 Å². The van der Waals surface area contributed by atoms with Gasteiger partial charge < -0.3 is 4.98 Å². The SMILES string of the molecule is O=c1[nH]c2cccc(F)c2n1-c1cccs1. The molecule has 0 aliphatic heterocycles. The van der Waals surface area contributed by atoms with Crippen molar-refractivity contribution in [1.29, 1.82) is 0 Å². The predicted octanol–water partition coefficient (Wildman–Crippen LogP) is 2.52. The smallest absolute Gasteiger partial charge is 0.305 e. The number of para-hydroxylation sites is 1. The number of halogens is 1. The Morgan fingerprint density at radius 1 is 1.25 bits per heavy atom. The first kappa shape index (κ1) is 9.35. The Labute approximate surface area is 93.8 Å². The van der Waals surface area contributed by atoms with Crippen molar-refractivity contribution in [2.24, 2.45) is 0 Å². The van der Waals surface area contributed by atoms with Crippen LogP contribution in [0.5, 0.6) is 0 Å². The lowest BCUT2D eigenvalue weighted by Crippen LogP contribution is -2.13. The standard InChI is InChI=1S/C11H7FN2OS/c12-7-3-1-4-8-10(7)14(11(15)13-8)9-5-2-6-16-9/h1-6H,(H,13,15). The number of nitrogens with one attached hydrogen (secondary N) is 1. The second-order valence-electron chi connectivity index (χ2n) is 3.35. The number of aromatic nitrogens is 2. The molecule has 0 unspecified atom stereocenters. The van der Waals surface area contributed by atoms with Gasteiger partial charge in [0, 0.05) is 0 Å². The Hall–Kier alpha value is -1.88. The molecule has 0 fully saturated rings. The summed E-state index contributed by atoms with van der Waals surface area (Å²) in [5, 5.41) is 2.56.